The molecule has 0 saturated carbocycles. The van der Waals surface area contributed by atoms with Crippen molar-refractivity contribution in [2.75, 3.05) is 6.61 Å². The number of benzene rings is 1. The summed E-state index contributed by atoms with van der Waals surface area (Å²) >= 11 is 0. The minimum Gasteiger partial charge on any atom is -0.394 e. The van der Waals surface area contributed by atoms with Gasteiger partial charge in [0, 0.05) is 0 Å². The molecule has 0 heterocycles. The SMILES string of the molecule is Cc1cc(C)cc(C(N)CO)c1. The van der Waals surface area contributed by atoms with Gasteiger partial charge in [-0.15, -0.1) is 0 Å². The van der Waals surface area contributed by atoms with Crippen LogP contribution in [0.5, 0.6) is 0 Å². The standard InChI is InChI=1S/C10H15NO/c1-7-3-8(2)5-9(4-7)10(11)6-12/h3-5,10,12H,6,11H2,1-2H3. The maximum atomic E-state index is 8.84. The van der Waals surface area contributed by atoms with Gasteiger partial charge in [0.1, 0.15) is 0 Å². The van der Waals surface area contributed by atoms with Gasteiger partial charge in [-0.2, -0.15) is 0 Å². The normalized spacial score (nSPS) is 13.0. The lowest BCUT2D eigenvalue weighted by atomic mass is 10.0. The highest BCUT2D eigenvalue weighted by molar-refractivity contribution is 5.30. The van der Waals surface area contributed by atoms with Crippen LogP contribution in [0.25, 0.3) is 0 Å². The van der Waals surface area contributed by atoms with Crippen LogP contribution in [-0.4, -0.2) is 11.7 Å². The third-order valence-electron chi connectivity index (χ3n) is 1.87. The summed E-state index contributed by atoms with van der Waals surface area (Å²) in [6.07, 6.45) is 0. The van der Waals surface area contributed by atoms with Gasteiger partial charge >= 0.3 is 0 Å². The Balaban J connectivity index is 3.00. The highest BCUT2D eigenvalue weighted by Gasteiger charge is 2.04. The zero-order chi connectivity index (χ0) is 9.14. The summed E-state index contributed by atoms with van der Waals surface area (Å²) in [5.74, 6) is 0. The van der Waals surface area contributed by atoms with Crippen molar-refractivity contribution in [2.45, 2.75) is 19.9 Å². The third kappa shape index (κ3) is 2.06. The zero-order valence-electron chi connectivity index (χ0n) is 7.54. The maximum absolute atomic E-state index is 8.84. The molecule has 1 unspecified atom stereocenters. The third-order valence-corrected chi connectivity index (χ3v) is 1.87. The molecule has 0 amide bonds. The van der Waals surface area contributed by atoms with Crippen molar-refractivity contribution in [2.24, 2.45) is 5.73 Å². The molecule has 0 aliphatic rings. The Morgan fingerprint density at radius 3 is 2.17 bits per heavy atom. The molecule has 1 aromatic carbocycles. The molecule has 12 heavy (non-hydrogen) atoms. The first-order valence-electron chi connectivity index (χ1n) is 4.08. The van der Waals surface area contributed by atoms with Gasteiger partial charge in [0.25, 0.3) is 0 Å². The molecule has 0 aliphatic heterocycles. The molecule has 0 spiro atoms. The topological polar surface area (TPSA) is 46.2 Å². The summed E-state index contributed by atoms with van der Waals surface area (Å²) in [4.78, 5) is 0. The minimum absolute atomic E-state index is 0.00287. The Labute approximate surface area is 73.0 Å². The van der Waals surface area contributed by atoms with E-state index in [2.05, 4.69) is 6.07 Å². The second-order valence-electron chi connectivity index (χ2n) is 3.21. The van der Waals surface area contributed by atoms with E-state index in [0.717, 1.165) is 5.56 Å². The molecular weight excluding hydrogens is 150 g/mol. The summed E-state index contributed by atoms with van der Waals surface area (Å²) in [7, 11) is 0. The van der Waals surface area contributed by atoms with Crippen molar-refractivity contribution in [3.05, 3.63) is 34.9 Å². The average Bonchev–Trinajstić information content (AvgIpc) is 2.01. The molecule has 0 saturated heterocycles. The Morgan fingerprint density at radius 2 is 1.75 bits per heavy atom. The van der Waals surface area contributed by atoms with Gasteiger partial charge in [-0.1, -0.05) is 29.3 Å². The maximum Gasteiger partial charge on any atom is 0.0624 e. The van der Waals surface area contributed by atoms with Crippen LogP contribution in [0, 0.1) is 13.8 Å². The number of aliphatic hydroxyl groups is 1. The summed E-state index contributed by atoms with van der Waals surface area (Å²) < 4.78 is 0. The molecule has 2 heteroatoms. The fourth-order valence-electron chi connectivity index (χ4n) is 1.33. The van der Waals surface area contributed by atoms with Crippen molar-refractivity contribution in [1.29, 1.82) is 0 Å². The van der Waals surface area contributed by atoms with Crippen molar-refractivity contribution in [3.8, 4) is 0 Å². The molecule has 0 radical (unpaired) electrons. The fourth-order valence-corrected chi connectivity index (χ4v) is 1.33. The number of aliphatic hydroxyl groups excluding tert-OH is 1. The highest BCUT2D eigenvalue weighted by atomic mass is 16.3. The second-order valence-corrected chi connectivity index (χ2v) is 3.21. The van der Waals surface area contributed by atoms with Gasteiger partial charge in [-0.3, -0.25) is 0 Å². The number of hydrogen-bond acceptors (Lipinski definition) is 2. The van der Waals surface area contributed by atoms with Crippen molar-refractivity contribution >= 4 is 0 Å². The molecular formula is C10H15NO. The second kappa shape index (κ2) is 3.70. The van der Waals surface area contributed by atoms with E-state index in [9.17, 15) is 0 Å². The molecule has 0 aromatic heterocycles. The van der Waals surface area contributed by atoms with E-state index >= 15 is 0 Å². The Kier molecular flexibility index (Phi) is 2.84. The van der Waals surface area contributed by atoms with Gasteiger partial charge in [0.15, 0.2) is 0 Å². The van der Waals surface area contributed by atoms with Crippen LogP contribution in [0.15, 0.2) is 18.2 Å². The molecule has 1 rings (SSSR count). The van der Waals surface area contributed by atoms with Gasteiger partial charge in [0.05, 0.1) is 12.6 Å². The van der Waals surface area contributed by atoms with Crippen LogP contribution in [0.2, 0.25) is 0 Å². The molecule has 0 fully saturated rings. The Morgan fingerprint density at radius 1 is 1.25 bits per heavy atom. The summed E-state index contributed by atoms with van der Waals surface area (Å²) in [6, 6.07) is 5.86. The van der Waals surface area contributed by atoms with Gasteiger partial charge in [-0.05, 0) is 19.4 Å². The number of aryl methyl sites for hydroxylation is 2. The summed E-state index contributed by atoms with van der Waals surface area (Å²) in [5, 5.41) is 8.84. The molecule has 0 bridgehead atoms. The van der Waals surface area contributed by atoms with Gasteiger partial charge in [0.2, 0.25) is 0 Å². The van der Waals surface area contributed by atoms with Crippen LogP contribution in [0.4, 0.5) is 0 Å². The molecule has 2 nitrogen and oxygen atoms in total. The van der Waals surface area contributed by atoms with Crippen LogP contribution < -0.4 is 5.73 Å². The van der Waals surface area contributed by atoms with Crippen LogP contribution >= 0.6 is 0 Å². The summed E-state index contributed by atoms with van der Waals surface area (Å²) in [5.41, 5.74) is 9.07. The highest BCUT2D eigenvalue weighted by Crippen LogP contribution is 2.14. The average molecular weight is 165 g/mol. The largest absolute Gasteiger partial charge is 0.394 e. The first-order chi connectivity index (χ1) is 5.63. The predicted molar refractivity (Wildman–Crippen MR) is 49.9 cm³/mol. The smallest absolute Gasteiger partial charge is 0.0624 e. The van der Waals surface area contributed by atoms with Crippen molar-refractivity contribution < 1.29 is 5.11 Å². The molecule has 3 N–H and O–H groups in total. The summed E-state index contributed by atoms with van der Waals surface area (Å²) in [6.45, 7) is 4.06. The first-order valence-corrected chi connectivity index (χ1v) is 4.08. The molecule has 1 aromatic rings. The lowest BCUT2D eigenvalue weighted by molar-refractivity contribution is 0.268. The number of nitrogens with two attached hydrogens (primary N) is 1. The Hall–Kier alpha value is -0.860. The van der Waals surface area contributed by atoms with Crippen molar-refractivity contribution in [3.63, 3.8) is 0 Å². The Bertz CT molecular complexity index is 250. The van der Waals surface area contributed by atoms with E-state index in [1.165, 1.54) is 11.1 Å². The van der Waals surface area contributed by atoms with Gasteiger partial charge < -0.3 is 10.8 Å². The fraction of sp³-hybridized carbons (Fsp3) is 0.400. The van der Waals surface area contributed by atoms with E-state index in [1.807, 2.05) is 26.0 Å². The first kappa shape index (κ1) is 9.23. The molecule has 1 atom stereocenters. The molecule has 0 aliphatic carbocycles. The predicted octanol–water partition coefficient (Wildman–Crippen LogP) is 1.30. The van der Waals surface area contributed by atoms with Crippen molar-refractivity contribution in [1.82, 2.24) is 0 Å². The quantitative estimate of drug-likeness (QED) is 0.693. The van der Waals surface area contributed by atoms with E-state index in [1.54, 1.807) is 0 Å². The lowest BCUT2D eigenvalue weighted by Crippen LogP contribution is -2.14. The van der Waals surface area contributed by atoms with Crippen LogP contribution in [0.3, 0.4) is 0 Å². The minimum atomic E-state index is -0.247. The monoisotopic (exact) mass is 165 g/mol. The van der Waals surface area contributed by atoms with E-state index < -0.39 is 0 Å². The molecule has 66 valence electrons. The van der Waals surface area contributed by atoms with E-state index in [4.69, 9.17) is 10.8 Å². The van der Waals surface area contributed by atoms with E-state index in [-0.39, 0.29) is 12.6 Å². The van der Waals surface area contributed by atoms with Gasteiger partial charge in [-0.25, -0.2) is 0 Å². The van der Waals surface area contributed by atoms with Crippen LogP contribution in [-0.2, 0) is 0 Å². The van der Waals surface area contributed by atoms with E-state index in [0.29, 0.717) is 0 Å². The lowest BCUT2D eigenvalue weighted by Gasteiger charge is -2.10. The number of rotatable bonds is 2. The zero-order valence-corrected chi connectivity index (χ0v) is 7.54. The van der Waals surface area contributed by atoms with Crippen LogP contribution in [0.1, 0.15) is 22.7 Å². The number of hydrogen-bond donors (Lipinski definition) is 2.